The molecule has 1 unspecified atom stereocenters. The van der Waals surface area contributed by atoms with E-state index in [2.05, 4.69) is 29.8 Å². The zero-order chi connectivity index (χ0) is 32.3. The standard InChI is InChI=1S/C35H34N4O5S/c1-4-32(35(42)36-27-17-15-25(16-18-27)23(2)3)45-30-12-8-11-28(22-30)37-34(41)31(38-33(40)26-9-6-5-7-10-26)21-24-13-19-29(20-14-24)39(43)44/h5-23,32H,4H2,1-3H3,(H,36,42)(H,37,41)(H,38,40)/b31-21+. The first-order valence-electron chi connectivity index (χ1n) is 14.4. The van der Waals surface area contributed by atoms with Crippen molar-refractivity contribution in [3.8, 4) is 0 Å². The SMILES string of the molecule is CCC(Sc1cccc(NC(=O)/C(=C\c2ccc([N+](=O)[O-])cc2)NC(=O)c2ccccc2)c1)C(=O)Nc1ccc(C(C)C)cc1. The average Bonchev–Trinajstić information content (AvgIpc) is 3.04. The van der Waals surface area contributed by atoms with Crippen LogP contribution in [0.1, 0.15) is 54.6 Å². The summed E-state index contributed by atoms with van der Waals surface area (Å²) in [7, 11) is 0. The largest absolute Gasteiger partial charge is 0.325 e. The van der Waals surface area contributed by atoms with E-state index in [9.17, 15) is 24.5 Å². The summed E-state index contributed by atoms with van der Waals surface area (Å²) in [6.07, 6.45) is 2.04. The van der Waals surface area contributed by atoms with Gasteiger partial charge in [0.1, 0.15) is 5.70 Å². The third-order valence-corrected chi connectivity index (χ3v) is 8.18. The number of hydrogen-bond donors (Lipinski definition) is 3. The molecule has 230 valence electrons. The molecule has 0 radical (unpaired) electrons. The van der Waals surface area contributed by atoms with Gasteiger partial charge in [-0.05, 0) is 84.1 Å². The van der Waals surface area contributed by atoms with Gasteiger partial charge in [-0.2, -0.15) is 0 Å². The fourth-order valence-corrected chi connectivity index (χ4v) is 5.32. The number of benzene rings is 4. The first-order valence-corrected chi connectivity index (χ1v) is 15.3. The summed E-state index contributed by atoms with van der Waals surface area (Å²) in [4.78, 5) is 50.8. The highest BCUT2D eigenvalue weighted by Gasteiger charge is 2.20. The Hall–Kier alpha value is -5.22. The van der Waals surface area contributed by atoms with Crippen molar-refractivity contribution in [2.24, 2.45) is 0 Å². The number of thioether (sulfide) groups is 1. The van der Waals surface area contributed by atoms with Crippen molar-refractivity contribution >= 4 is 52.6 Å². The first-order chi connectivity index (χ1) is 21.6. The van der Waals surface area contributed by atoms with Crippen LogP contribution in [0, 0.1) is 10.1 Å². The van der Waals surface area contributed by atoms with Crippen molar-refractivity contribution < 1.29 is 19.3 Å². The molecule has 0 aliphatic rings. The Morgan fingerprint density at radius 3 is 2.16 bits per heavy atom. The minimum Gasteiger partial charge on any atom is -0.325 e. The number of rotatable bonds is 12. The molecule has 9 nitrogen and oxygen atoms in total. The number of carbonyl (C=O) groups excluding carboxylic acids is 3. The normalized spacial score (nSPS) is 11.9. The van der Waals surface area contributed by atoms with Gasteiger partial charge >= 0.3 is 0 Å². The molecule has 4 aromatic rings. The van der Waals surface area contributed by atoms with E-state index in [1.165, 1.54) is 47.7 Å². The zero-order valence-electron chi connectivity index (χ0n) is 25.2. The summed E-state index contributed by atoms with van der Waals surface area (Å²) >= 11 is 1.39. The lowest BCUT2D eigenvalue weighted by Crippen LogP contribution is -2.30. The summed E-state index contributed by atoms with van der Waals surface area (Å²) in [6, 6.07) is 29.0. The molecule has 0 aliphatic heterocycles. The van der Waals surface area contributed by atoms with Gasteiger partial charge in [-0.1, -0.05) is 57.2 Å². The van der Waals surface area contributed by atoms with Gasteiger partial charge in [-0.15, -0.1) is 11.8 Å². The molecule has 0 aromatic heterocycles. The zero-order valence-corrected chi connectivity index (χ0v) is 26.0. The highest BCUT2D eigenvalue weighted by Crippen LogP contribution is 2.29. The van der Waals surface area contributed by atoms with Crippen molar-refractivity contribution in [2.75, 3.05) is 10.6 Å². The molecule has 0 saturated carbocycles. The number of amides is 3. The highest BCUT2D eigenvalue weighted by molar-refractivity contribution is 8.00. The predicted octanol–water partition coefficient (Wildman–Crippen LogP) is 7.64. The summed E-state index contributed by atoms with van der Waals surface area (Å²) in [5, 5.41) is 19.2. The molecule has 4 aromatic carbocycles. The molecule has 3 N–H and O–H groups in total. The molecule has 0 saturated heterocycles. The number of anilines is 2. The van der Waals surface area contributed by atoms with E-state index in [0.717, 1.165) is 10.6 Å². The van der Waals surface area contributed by atoms with Crippen LogP contribution in [0.2, 0.25) is 0 Å². The smallest absolute Gasteiger partial charge is 0.272 e. The molecule has 0 bridgehead atoms. The van der Waals surface area contributed by atoms with Crippen LogP contribution in [0.4, 0.5) is 17.1 Å². The lowest BCUT2D eigenvalue weighted by Gasteiger charge is -2.16. The summed E-state index contributed by atoms with van der Waals surface area (Å²) in [5.41, 5.74) is 3.09. The maximum atomic E-state index is 13.5. The van der Waals surface area contributed by atoms with E-state index < -0.39 is 16.7 Å². The summed E-state index contributed by atoms with van der Waals surface area (Å²) in [6.45, 7) is 6.17. The Bertz CT molecular complexity index is 1690. The van der Waals surface area contributed by atoms with Crippen LogP contribution in [0.25, 0.3) is 6.08 Å². The minimum absolute atomic E-state index is 0.0509. The molecule has 0 heterocycles. The topological polar surface area (TPSA) is 130 Å². The lowest BCUT2D eigenvalue weighted by molar-refractivity contribution is -0.384. The van der Waals surface area contributed by atoms with Crippen molar-refractivity contribution in [2.45, 2.75) is 43.3 Å². The van der Waals surface area contributed by atoms with Gasteiger partial charge in [0.15, 0.2) is 0 Å². The Balaban J connectivity index is 1.49. The second-order valence-corrected chi connectivity index (χ2v) is 11.8. The van der Waals surface area contributed by atoms with Gasteiger partial charge in [-0.25, -0.2) is 0 Å². The maximum absolute atomic E-state index is 13.5. The highest BCUT2D eigenvalue weighted by atomic mass is 32.2. The molecule has 0 fully saturated rings. The second-order valence-electron chi connectivity index (χ2n) is 10.5. The molecule has 10 heteroatoms. The molecule has 3 amide bonds. The van der Waals surface area contributed by atoms with Crippen LogP contribution in [-0.4, -0.2) is 27.9 Å². The van der Waals surface area contributed by atoms with Gasteiger partial charge in [0.2, 0.25) is 5.91 Å². The second kappa shape index (κ2) is 15.5. The number of carbonyl (C=O) groups is 3. The molecule has 0 aliphatic carbocycles. The number of hydrogen-bond acceptors (Lipinski definition) is 6. The number of nitro groups is 1. The Kier molecular flexibility index (Phi) is 11.3. The van der Waals surface area contributed by atoms with E-state index in [1.54, 1.807) is 48.5 Å². The van der Waals surface area contributed by atoms with Crippen LogP contribution in [0.5, 0.6) is 0 Å². The molecule has 45 heavy (non-hydrogen) atoms. The predicted molar refractivity (Wildman–Crippen MR) is 179 cm³/mol. The Labute approximate surface area is 266 Å². The number of nitro benzene ring substituents is 1. The van der Waals surface area contributed by atoms with Gasteiger partial charge < -0.3 is 16.0 Å². The minimum atomic E-state index is -0.589. The lowest BCUT2D eigenvalue weighted by atomic mass is 10.0. The quantitative estimate of drug-likeness (QED) is 0.0644. The van der Waals surface area contributed by atoms with E-state index in [0.29, 0.717) is 29.2 Å². The monoisotopic (exact) mass is 622 g/mol. The molecular weight excluding hydrogens is 588 g/mol. The van der Waals surface area contributed by atoms with Gasteiger partial charge in [0, 0.05) is 34.0 Å². The Morgan fingerprint density at radius 1 is 0.844 bits per heavy atom. The maximum Gasteiger partial charge on any atom is 0.272 e. The first kappa shape index (κ1) is 32.7. The molecular formula is C35H34N4O5S. The number of nitrogens with one attached hydrogen (secondary N) is 3. The van der Waals surface area contributed by atoms with E-state index in [1.807, 2.05) is 37.3 Å². The fraction of sp³-hybridized carbons (Fsp3) is 0.171. The van der Waals surface area contributed by atoms with E-state index in [4.69, 9.17) is 0 Å². The van der Waals surface area contributed by atoms with Crippen molar-refractivity contribution in [3.05, 3.63) is 136 Å². The number of nitrogens with zero attached hydrogens (tertiary/aromatic N) is 1. The molecule has 0 spiro atoms. The van der Waals surface area contributed by atoms with Crippen LogP contribution in [0.15, 0.2) is 114 Å². The van der Waals surface area contributed by atoms with Gasteiger partial charge in [0.05, 0.1) is 10.2 Å². The molecule has 1 atom stereocenters. The average molecular weight is 623 g/mol. The van der Waals surface area contributed by atoms with Crippen molar-refractivity contribution in [3.63, 3.8) is 0 Å². The van der Waals surface area contributed by atoms with Crippen LogP contribution in [-0.2, 0) is 9.59 Å². The van der Waals surface area contributed by atoms with Gasteiger partial charge in [-0.3, -0.25) is 24.5 Å². The van der Waals surface area contributed by atoms with Crippen molar-refractivity contribution in [1.82, 2.24) is 5.32 Å². The third-order valence-electron chi connectivity index (χ3n) is 6.82. The van der Waals surface area contributed by atoms with E-state index in [-0.39, 0.29) is 22.5 Å². The van der Waals surface area contributed by atoms with Crippen LogP contribution in [0.3, 0.4) is 0 Å². The van der Waals surface area contributed by atoms with Crippen molar-refractivity contribution in [1.29, 1.82) is 0 Å². The summed E-state index contributed by atoms with van der Waals surface area (Å²) < 4.78 is 0. The number of non-ortho nitro benzene ring substituents is 1. The van der Waals surface area contributed by atoms with Crippen LogP contribution < -0.4 is 16.0 Å². The molecule has 4 rings (SSSR count). The van der Waals surface area contributed by atoms with E-state index >= 15 is 0 Å². The third kappa shape index (κ3) is 9.38. The fourth-order valence-electron chi connectivity index (χ4n) is 4.31. The van der Waals surface area contributed by atoms with Gasteiger partial charge in [0.25, 0.3) is 17.5 Å². The van der Waals surface area contributed by atoms with Crippen LogP contribution >= 0.6 is 11.8 Å². The summed E-state index contributed by atoms with van der Waals surface area (Å²) in [5.74, 6) is -0.796. The Morgan fingerprint density at radius 2 is 1.53 bits per heavy atom.